The van der Waals surface area contributed by atoms with Gasteiger partial charge in [-0.1, -0.05) is 12.1 Å². The molecule has 1 aliphatic rings. The van der Waals surface area contributed by atoms with Gasteiger partial charge in [0.25, 0.3) is 5.91 Å². The summed E-state index contributed by atoms with van der Waals surface area (Å²) in [5, 5.41) is 11.4. The molecular formula is C17H20N2O4S. The Morgan fingerprint density at radius 1 is 1.29 bits per heavy atom. The first-order chi connectivity index (χ1) is 11.6. The predicted molar refractivity (Wildman–Crippen MR) is 90.7 cm³/mol. The molecule has 1 saturated heterocycles. The van der Waals surface area contributed by atoms with Crippen molar-refractivity contribution in [2.24, 2.45) is 0 Å². The van der Waals surface area contributed by atoms with E-state index in [4.69, 9.17) is 14.7 Å². The highest BCUT2D eigenvalue weighted by molar-refractivity contribution is 7.99. The third-order valence-corrected chi connectivity index (χ3v) is 4.86. The molecule has 0 atom stereocenters. The lowest BCUT2D eigenvalue weighted by atomic mass is 9.92. The van der Waals surface area contributed by atoms with Gasteiger partial charge in [0.05, 0.1) is 19.6 Å². The van der Waals surface area contributed by atoms with Gasteiger partial charge < -0.3 is 14.8 Å². The smallest absolute Gasteiger partial charge is 0.331 e. The maximum absolute atomic E-state index is 12.2. The minimum Gasteiger partial charge on any atom is -0.484 e. The van der Waals surface area contributed by atoms with Crippen LogP contribution >= 0.6 is 11.8 Å². The van der Waals surface area contributed by atoms with E-state index >= 15 is 0 Å². The Morgan fingerprint density at radius 2 is 1.96 bits per heavy atom. The number of ether oxygens (including phenoxy) is 2. The SMILES string of the molecule is COC(=O)C1(NC(=O)COc2ccc(CC#N)cc2)CCSCC1. The highest BCUT2D eigenvalue weighted by Crippen LogP contribution is 2.28. The van der Waals surface area contributed by atoms with Crippen LogP contribution in [0.3, 0.4) is 0 Å². The first-order valence-electron chi connectivity index (χ1n) is 7.65. The van der Waals surface area contributed by atoms with Crippen LogP contribution in [0.2, 0.25) is 0 Å². The van der Waals surface area contributed by atoms with Gasteiger partial charge in [-0.25, -0.2) is 4.79 Å². The zero-order valence-corrected chi connectivity index (χ0v) is 14.4. The van der Waals surface area contributed by atoms with E-state index in [0.29, 0.717) is 25.0 Å². The summed E-state index contributed by atoms with van der Waals surface area (Å²) < 4.78 is 10.3. The number of rotatable bonds is 6. The van der Waals surface area contributed by atoms with Crippen LogP contribution in [0.1, 0.15) is 18.4 Å². The summed E-state index contributed by atoms with van der Waals surface area (Å²) in [6.45, 7) is -0.177. The molecule has 1 amide bonds. The Kier molecular flexibility index (Phi) is 6.50. The summed E-state index contributed by atoms with van der Waals surface area (Å²) in [6.07, 6.45) is 1.44. The lowest BCUT2D eigenvalue weighted by molar-refractivity contribution is -0.151. The molecule has 0 aromatic heterocycles. The van der Waals surface area contributed by atoms with E-state index in [9.17, 15) is 9.59 Å². The molecule has 0 aliphatic carbocycles. The number of hydrogen-bond acceptors (Lipinski definition) is 6. The number of nitrogens with one attached hydrogen (secondary N) is 1. The van der Waals surface area contributed by atoms with Crippen molar-refractivity contribution in [2.45, 2.75) is 24.8 Å². The van der Waals surface area contributed by atoms with Gasteiger partial charge in [-0.15, -0.1) is 0 Å². The summed E-state index contributed by atoms with van der Waals surface area (Å²) in [6, 6.07) is 9.07. The van der Waals surface area contributed by atoms with Crippen molar-refractivity contribution in [2.75, 3.05) is 25.2 Å². The van der Waals surface area contributed by atoms with Crippen LogP contribution in [0.25, 0.3) is 0 Å². The predicted octanol–water partition coefficient (Wildman–Crippen LogP) is 1.69. The van der Waals surface area contributed by atoms with Crippen LogP contribution in [-0.2, 0) is 20.7 Å². The quantitative estimate of drug-likeness (QED) is 0.787. The molecule has 24 heavy (non-hydrogen) atoms. The van der Waals surface area contributed by atoms with Gasteiger partial charge in [0.1, 0.15) is 11.3 Å². The number of nitrogens with zero attached hydrogens (tertiary/aromatic N) is 1. The second kappa shape index (κ2) is 8.60. The fraction of sp³-hybridized carbons (Fsp3) is 0.471. The van der Waals surface area contributed by atoms with Crippen LogP contribution < -0.4 is 10.1 Å². The third kappa shape index (κ3) is 4.65. The van der Waals surface area contributed by atoms with Gasteiger partial charge in [-0.05, 0) is 42.0 Å². The van der Waals surface area contributed by atoms with Crippen molar-refractivity contribution < 1.29 is 19.1 Å². The molecule has 1 aromatic rings. The average Bonchev–Trinajstić information content (AvgIpc) is 2.61. The molecule has 1 N–H and O–H groups in total. The van der Waals surface area contributed by atoms with E-state index in [1.807, 2.05) is 0 Å². The van der Waals surface area contributed by atoms with E-state index in [2.05, 4.69) is 11.4 Å². The number of benzene rings is 1. The summed E-state index contributed by atoms with van der Waals surface area (Å²) in [5.41, 5.74) is -0.0597. The molecule has 7 heteroatoms. The number of carbonyl (C=O) groups is 2. The minimum absolute atomic E-state index is 0.177. The van der Waals surface area contributed by atoms with Crippen LogP contribution in [0, 0.1) is 11.3 Å². The van der Waals surface area contributed by atoms with Gasteiger partial charge in [0.2, 0.25) is 0 Å². The molecule has 1 aliphatic heterocycles. The van der Waals surface area contributed by atoms with E-state index in [1.54, 1.807) is 36.0 Å². The van der Waals surface area contributed by atoms with Gasteiger partial charge in [-0.3, -0.25) is 4.79 Å². The second-order valence-corrected chi connectivity index (χ2v) is 6.73. The molecule has 0 spiro atoms. The summed E-state index contributed by atoms with van der Waals surface area (Å²) in [4.78, 5) is 24.3. The van der Waals surface area contributed by atoms with Crippen LogP contribution in [0.15, 0.2) is 24.3 Å². The summed E-state index contributed by atoms with van der Waals surface area (Å²) >= 11 is 1.75. The molecule has 1 aromatic carbocycles. The topological polar surface area (TPSA) is 88.4 Å². The van der Waals surface area contributed by atoms with Crippen molar-refractivity contribution in [1.29, 1.82) is 5.26 Å². The van der Waals surface area contributed by atoms with Crippen molar-refractivity contribution >= 4 is 23.6 Å². The molecular weight excluding hydrogens is 328 g/mol. The molecule has 0 saturated carbocycles. The number of hydrogen-bond donors (Lipinski definition) is 1. The maximum atomic E-state index is 12.2. The number of amides is 1. The molecule has 1 fully saturated rings. The zero-order chi connectivity index (χ0) is 17.4. The largest absolute Gasteiger partial charge is 0.484 e. The molecule has 6 nitrogen and oxygen atoms in total. The maximum Gasteiger partial charge on any atom is 0.331 e. The fourth-order valence-corrected chi connectivity index (χ4v) is 3.73. The van der Waals surface area contributed by atoms with Gasteiger partial charge in [0, 0.05) is 0 Å². The van der Waals surface area contributed by atoms with E-state index in [1.165, 1.54) is 7.11 Å². The van der Waals surface area contributed by atoms with Crippen LogP contribution in [0.5, 0.6) is 5.75 Å². The standard InChI is InChI=1S/C17H20N2O4S/c1-22-16(21)17(7-10-24-11-8-17)19-15(20)12-23-14-4-2-13(3-5-14)6-9-18/h2-5H,6-8,10-12H2,1H3,(H,19,20). The lowest BCUT2D eigenvalue weighted by Crippen LogP contribution is -2.58. The summed E-state index contributed by atoms with van der Waals surface area (Å²) in [5.74, 6) is 1.39. The number of methoxy groups -OCH3 is 1. The Hall–Kier alpha value is -2.20. The first-order valence-corrected chi connectivity index (χ1v) is 8.81. The molecule has 0 unspecified atom stereocenters. The number of carbonyl (C=O) groups excluding carboxylic acids is 2. The molecule has 128 valence electrons. The third-order valence-electron chi connectivity index (χ3n) is 3.88. The van der Waals surface area contributed by atoms with Crippen molar-refractivity contribution in [3.8, 4) is 11.8 Å². The van der Waals surface area contributed by atoms with Crippen molar-refractivity contribution in [3.63, 3.8) is 0 Å². The fourth-order valence-electron chi connectivity index (χ4n) is 2.54. The van der Waals surface area contributed by atoms with E-state index < -0.39 is 11.5 Å². The van der Waals surface area contributed by atoms with Crippen molar-refractivity contribution in [3.05, 3.63) is 29.8 Å². The average molecular weight is 348 g/mol. The van der Waals surface area contributed by atoms with Crippen LogP contribution in [-0.4, -0.2) is 42.6 Å². The zero-order valence-electron chi connectivity index (χ0n) is 13.5. The normalized spacial score (nSPS) is 15.8. The van der Waals surface area contributed by atoms with Crippen molar-refractivity contribution in [1.82, 2.24) is 5.32 Å². The minimum atomic E-state index is -0.947. The lowest BCUT2D eigenvalue weighted by Gasteiger charge is -2.34. The molecule has 1 heterocycles. The van der Waals surface area contributed by atoms with Gasteiger partial charge >= 0.3 is 5.97 Å². The number of esters is 1. The van der Waals surface area contributed by atoms with E-state index in [0.717, 1.165) is 17.1 Å². The second-order valence-electron chi connectivity index (χ2n) is 5.50. The molecule has 2 rings (SSSR count). The summed E-state index contributed by atoms with van der Waals surface area (Å²) in [7, 11) is 1.33. The number of thioether (sulfide) groups is 1. The number of nitriles is 1. The van der Waals surface area contributed by atoms with E-state index in [-0.39, 0.29) is 12.5 Å². The monoisotopic (exact) mass is 348 g/mol. The Labute approximate surface area is 145 Å². The molecule has 0 radical (unpaired) electrons. The van der Waals surface area contributed by atoms with Crippen LogP contribution in [0.4, 0.5) is 0 Å². The molecule has 0 bridgehead atoms. The Bertz CT molecular complexity index is 618. The Morgan fingerprint density at radius 3 is 2.54 bits per heavy atom. The Balaban J connectivity index is 1.91. The highest BCUT2D eigenvalue weighted by atomic mass is 32.2. The highest BCUT2D eigenvalue weighted by Gasteiger charge is 2.42. The first kappa shape index (κ1) is 18.1. The van der Waals surface area contributed by atoms with Gasteiger partial charge in [0.15, 0.2) is 6.61 Å². The van der Waals surface area contributed by atoms with Gasteiger partial charge in [-0.2, -0.15) is 17.0 Å².